The van der Waals surface area contributed by atoms with E-state index in [1.807, 2.05) is 11.9 Å². The Kier molecular flexibility index (Phi) is 5.14. The fourth-order valence-corrected chi connectivity index (χ4v) is 2.76. The Morgan fingerprint density at radius 1 is 1.40 bits per heavy atom. The third-order valence-corrected chi connectivity index (χ3v) is 3.94. The maximum atomic E-state index is 12.3. The highest BCUT2D eigenvalue weighted by Gasteiger charge is 2.26. The number of piperazine rings is 1. The molecule has 1 saturated heterocycles. The van der Waals surface area contributed by atoms with Gasteiger partial charge in [-0.3, -0.25) is 14.4 Å². The van der Waals surface area contributed by atoms with Crippen LogP contribution in [0.5, 0.6) is 0 Å². The molecule has 0 aliphatic carbocycles. The number of hydrogen-bond acceptors (Lipinski definition) is 4. The van der Waals surface area contributed by atoms with Gasteiger partial charge < -0.3 is 10.6 Å². The maximum absolute atomic E-state index is 12.3. The molecule has 1 aromatic rings. The zero-order valence-corrected chi connectivity index (χ0v) is 12.5. The molecule has 2 heterocycles. The van der Waals surface area contributed by atoms with E-state index < -0.39 is 0 Å². The summed E-state index contributed by atoms with van der Waals surface area (Å²) in [5.74, 6) is 0.0324. The monoisotopic (exact) mass is 279 g/mol. The van der Waals surface area contributed by atoms with E-state index in [1.165, 1.54) is 0 Å². The molecular formula is C14H25N5O. The van der Waals surface area contributed by atoms with Crippen LogP contribution in [0.4, 0.5) is 0 Å². The number of nitrogens with zero attached hydrogens (tertiary/aromatic N) is 4. The summed E-state index contributed by atoms with van der Waals surface area (Å²) in [6.07, 6.45) is 4.08. The summed E-state index contributed by atoms with van der Waals surface area (Å²) < 4.78 is 1.66. The number of hydrogen-bond donors (Lipinski definition) is 1. The molecule has 6 heteroatoms. The second-order valence-corrected chi connectivity index (χ2v) is 5.38. The highest BCUT2D eigenvalue weighted by Crippen LogP contribution is 2.12. The van der Waals surface area contributed by atoms with Crippen LogP contribution in [0.25, 0.3) is 0 Å². The van der Waals surface area contributed by atoms with Crippen LogP contribution in [-0.4, -0.2) is 64.3 Å². The molecule has 6 nitrogen and oxygen atoms in total. The Morgan fingerprint density at radius 3 is 2.60 bits per heavy atom. The van der Waals surface area contributed by atoms with E-state index in [0.29, 0.717) is 18.3 Å². The van der Waals surface area contributed by atoms with E-state index in [0.717, 1.165) is 39.0 Å². The fourth-order valence-electron chi connectivity index (χ4n) is 2.76. The smallest absolute Gasteiger partial charge is 0.274 e. The van der Waals surface area contributed by atoms with Crippen LogP contribution in [0.2, 0.25) is 0 Å². The van der Waals surface area contributed by atoms with Crippen molar-refractivity contribution in [2.45, 2.75) is 25.8 Å². The van der Waals surface area contributed by atoms with Gasteiger partial charge in [-0.15, -0.1) is 0 Å². The minimum Gasteiger partial charge on any atom is -0.335 e. The molecule has 0 saturated carbocycles. The number of carbonyl (C=O) groups is 1. The molecule has 0 radical (unpaired) electrons. The molecule has 1 aromatic heterocycles. The van der Waals surface area contributed by atoms with Crippen LogP contribution in [0.15, 0.2) is 12.3 Å². The average Bonchev–Trinajstić information content (AvgIpc) is 2.91. The predicted molar refractivity (Wildman–Crippen MR) is 78.4 cm³/mol. The van der Waals surface area contributed by atoms with Crippen molar-refractivity contribution >= 4 is 5.91 Å². The molecule has 0 spiro atoms. The van der Waals surface area contributed by atoms with Crippen molar-refractivity contribution in [3.8, 4) is 0 Å². The van der Waals surface area contributed by atoms with Gasteiger partial charge in [-0.05, 0) is 12.5 Å². The molecule has 1 atom stereocenters. The number of rotatable bonds is 5. The first-order valence-corrected chi connectivity index (χ1v) is 7.38. The molecule has 1 aliphatic heterocycles. The summed E-state index contributed by atoms with van der Waals surface area (Å²) in [5, 5.41) is 4.18. The molecule has 2 N–H and O–H groups in total. The Labute approximate surface area is 120 Å². The van der Waals surface area contributed by atoms with Gasteiger partial charge in [-0.25, -0.2) is 0 Å². The Balaban J connectivity index is 1.89. The summed E-state index contributed by atoms with van der Waals surface area (Å²) in [5.41, 5.74) is 6.38. The van der Waals surface area contributed by atoms with Gasteiger partial charge in [0.15, 0.2) is 0 Å². The largest absolute Gasteiger partial charge is 0.335 e. The van der Waals surface area contributed by atoms with Crippen molar-refractivity contribution in [1.29, 1.82) is 0 Å². The Bertz CT molecular complexity index is 437. The van der Waals surface area contributed by atoms with Crippen molar-refractivity contribution in [2.75, 3.05) is 32.7 Å². The average molecular weight is 279 g/mol. The van der Waals surface area contributed by atoms with E-state index in [-0.39, 0.29) is 5.91 Å². The first-order valence-electron chi connectivity index (χ1n) is 7.38. The van der Waals surface area contributed by atoms with E-state index in [4.69, 9.17) is 5.73 Å². The molecule has 1 unspecified atom stereocenters. The molecule has 112 valence electrons. The van der Waals surface area contributed by atoms with E-state index in [9.17, 15) is 4.79 Å². The van der Waals surface area contributed by atoms with Crippen molar-refractivity contribution in [3.63, 3.8) is 0 Å². The van der Waals surface area contributed by atoms with Gasteiger partial charge in [-0.2, -0.15) is 5.10 Å². The fraction of sp³-hybridized carbons (Fsp3) is 0.714. The Hall–Kier alpha value is -1.40. The van der Waals surface area contributed by atoms with E-state index >= 15 is 0 Å². The predicted octanol–water partition coefficient (Wildman–Crippen LogP) is 0.305. The van der Waals surface area contributed by atoms with Crippen molar-refractivity contribution in [3.05, 3.63) is 18.0 Å². The van der Waals surface area contributed by atoms with Gasteiger partial charge >= 0.3 is 0 Å². The summed E-state index contributed by atoms with van der Waals surface area (Å²) >= 11 is 0. The molecule has 0 bridgehead atoms. The molecule has 1 aliphatic rings. The second-order valence-electron chi connectivity index (χ2n) is 5.38. The number of nitrogens with two attached hydrogens (primary N) is 1. The molecule has 0 aromatic carbocycles. The zero-order chi connectivity index (χ0) is 14.5. The third-order valence-electron chi connectivity index (χ3n) is 3.94. The van der Waals surface area contributed by atoms with Gasteiger partial charge in [0.05, 0.1) is 0 Å². The summed E-state index contributed by atoms with van der Waals surface area (Å²) in [6.45, 7) is 6.21. The lowest BCUT2D eigenvalue weighted by atomic mass is 10.1. The van der Waals surface area contributed by atoms with Crippen LogP contribution in [-0.2, 0) is 7.05 Å². The lowest BCUT2D eigenvalue weighted by Crippen LogP contribution is -2.53. The van der Waals surface area contributed by atoms with Gasteiger partial charge in [0, 0.05) is 52.0 Å². The second kappa shape index (κ2) is 6.85. The minimum atomic E-state index is 0.0324. The van der Waals surface area contributed by atoms with Crippen LogP contribution in [0.3, 0.4) is 0 Å². The van der Waals surface area contributed by atoms with Crippen LogP contribution < -0.4 is 5.73 Å². The van der Waals surface area contributed by atoms with Crippen LogP contribution in [0, 0.1) is 0 Å². The summed E-state index contributed by atoms with van der Waals surface area (Å²) in [6, 6.07) is 2.22. The summed E-state index contributed by atoms with van der Waals surface area (Å²) in [7, 11) is 1.82. The van der Waals surface area contributed by atoms with Crippen LogP contribution in [0.1, 0.15) is 30.3 Å². The zero-order valence-electron chi connectivity index (χ0n) is 12.5. The number of amides is 1. The molecule has 2 rings (SSSR count). The summed E-state index contributed by atoms with van der Waals surface area (Å²) in [4.78, 5) is 16.6. The first-order chi connectivity index (χ1) is 9.65. The van der Waals surface area contributed by atoms with E-state index in [1.54, 1.807) is 16.9 Å². The van der Waals surface area contributed by atoms with Gasteiger partial charge in [0.25, 0.3) is 5.91 Å². The van der Waals surface area contributed by atoms with Crippen LogP contribution >= 0.6 is 0 Å². The molecule has 1 fully saturated rings. The van der Waals surface area contributed by atoms with Crippen molar-refractivity contribution < 1.29 is 4.79 Å². The standard InChI is InChI=1S/C14H25N5O/c1-3-4-12(11-15)18-7-9-19(10-8-18)14(20)13-5-6-17(2)16-13/h5-6,12H,3-4,7-11,15H2,1-2H3. The number of aromatic nitrogens is 2. The number of aryl methyl sites for hydroxylation is 1. The highest BCUT2D eigenvalue weighted by molar-refractivity contribution is 5.92. The number of carbonyl (C=O) groups excluding carboxylic acids is 1. The lowest BCUT2D eigenvalue weighted by Gasteiger charge is -2.38. The molecule has 1 amide bonds. The third kappa shape index (κ3) is 3.37. The highest BCUT2D eigenvalue weighted by atomic mass is 16.2. The normalized spacial score (nSPS) is 18.2. The topological polar surface area (TPSA) is 67.4 Å². The first kappa shape index (κ1) is 15.0. The van der Waals surface area contributed by atoms with Crippen molar-refractivity contribution in [1.82, 2.24) is 19.6 Å². The maximum Gasteiger partial charge on any atom is 0.274 e. The molecule has 20 heavy (non-hydrogen) atoms. The van der Waals surface area contributed by atoms with E-state index in [2.05, 4.69) is 16.9 Å². The SMILES string of the molecule is CCCC(CN)N1CCN(C(=O)c2ccn(C)n2)CC1. The van der Waals surface area contributed by atoms with Gasteiger partial charge in [0.2, 0.25) is 0 Å². The molecular weight excluding hydrogens is 254 g/mol. The minimum absolute atomic E-state index is 0.0324. The van der Waals surface area contributed by atoms with Gasteiger partial charge in [0.1, 0.15) is 5.69 Å². The quantitative estimate of drug-likeness (QED) is 0.842. The van der Waals surface area contributed by atoms with Gasteiger partial charge in [-0.1, -0.05) is 13.3 Å². The lowest BCUT2D eigenvalue weighted by molar-refractivity contribution is 0.0560. The van der Waals surface area contributed by atoms with Crippen molar-refractivity contribution in [2.24, 2.45) is 12.8 Å². The Morgan fingerprint density at radius 2 is 2.10 bits per heavy atom.